The Morgan fingerprint density at radius 2 is 2.15 bits per heavy atom. The predicted octanol–water partition coefficient (Wildman–Crippen LogP) is 3.07. The molecule has 0 aliphatic heterocycles. The Kier molecular flexibility index (Phi) is 5.58. The van der Waals surface area contributed by atoms with Crippen LogP contribution in [0.25, 0.3) is 0 Å². The fourth-order valence-corrected chi connectivity index (χ4v) is 2.16. The third-order valence-electron chi connectivity index (χ3n) is 2.38. The van der Waals surface area contributed by atoms with Crippen LogP contribution in [-0.4, -0.2) is 18.7 Å². The highest BCUT2D eigenvalue weighted by molar-refractivity contribution is 7.09. The van der Waals surface area contributed by atoms with Crippen LogP contribution in [0.2, 0.25) is 5.02 Å². The second-order valence-corrected chi connectivity index (χ2v) is 5.38. The number of thiophene rings is 1. The van der Waals surface area contributed by atoms with E-state index in [0.29, 0.717) is 11.6 Å². The van der Waals surface area contributed by atoms with E-state index in [0.717, 1.165) is 10.4 Å². The molecule has 1 amide bonds. The lowest BCUT2D eigenvalue weighted by Crippen LogP contribution is -2.26. The standard InChI is InChI=1S/C14H13ClN2O2S/c15-12-5-3-11(4-6-12)8-17-19-10-14(18)16-9-13-2-1-7-20-13/h1-8H,9-10H2,(H,16,18)/b17-8+. The van der Waals surface area contributed by atoms with Crippen molar-refractivity contribution < 1.29 is 9.63 Å². The number of hydrogen-bond donors (Lipinski definition) is 1. The molecule has 4 nitrogen and oxygen atoms in total. The second-order valence-electron chi connectivity index (χ2n) is 3.92. The Morgan fingerprint density at radius 3 is 2.85 bits per heavy atom. The molecule has 20 heavy (non-hydrogen) atoms. The van der Waals surface area contributed by atoms with Crippen LogP contribution >= 0.6 is 22.9 Å². The lowest BCUT2D eigenvalue weighted by Gasteiger charge is -2.02. The molecule has 2 rings (SSSR count). The van der Waals surface area contributed by atoms with Crippen molar-refractivity contribution in [3.63, 3.8) is 0 Å². The number of rotatable bonds is 6. The number of benzene rings is 1. The molecule has 0 bridgehead atoms. The fraction of sp³-hybridized carbons (Fsp3) is 0.143. The van der Waals surface area contributed by atoms with Crippen LogP contribution < -0.4 is 5.32 Å². The van der Waals surface area contributed by atoms with Gasteiger partial charge in [0.05, 0.1) is 12.8 Å². The molecular weight excluding hydrogens is 296 g/mol. The first-order valence-electron chi connectivity index (χ1n) is 5.94. The van der Waals surface area contributed by atoms with Crippen LogP contribution in [0.3, 0.4) is 0 Å². The van der Waals surface area contributed by atoms with E-state index in [9.17, 15) is 4.79 Å². The first-order chi connectivity index (χ1) is 9.74. The highest BCUT2D eigenvalue weighted by Crippen LogP contribution is 2.08. The number of nitrogens with one attached hydrogen (secondary N) is 1. The summed E-state index contributed by atoms with van der Waals surface area (Å²) in [6, 6.07) is 11.1. The smallest absolute Gasteiger partial charge is 0.261 e. The summed E-state index contributed by atoms with van der Waals surface area (Å²) in [5.74, 6) is -0.202. The molecule has 0 aliphatic carbocycles. The maximum Gasteiger partial charge on any atom is 0.261 e. The number of oxime groups is 1. The van der Waals surface area contributed by atoms with Crippen molar-refractivity contribution in [2.24, 2.45) is 5.16 Å². The van der Waals surface area contributed by atoms with E-state index in [4.69, 9.17) is 16.4 Å². The number of carbonyl (C=O) groups excluding carboxylic acids is 1. The molecule has 6 heteroatoms. The maximum atomic E-state index is 11.5. The number of nitrogens with zero attached hydrogens (tertiary/aromatic N) is 1. The molecule has 104 valence electrons. The van der Waals surface area contributed by atoms with Crippen molar-refractivity contribution in [2.45, 2.75) is 6.54 Å². The molecule has 0 saturated carbocycles. The fourth-order valence-electron chi connectivity index (χ4n) is 1.39. The van der Waals surface area contributed by atoms with Gasteiger partial charge in [0.1, 0.15) is 0 Å². The van der Waals surface area contributed by atoms with Gasteiger partial charge in [-0.15, -0.1) is 11.3 Å². The number of carbonyl (C=O) groups is 1. The third-order valence-corrected chi connectivity index (χ3v) is 3.51. The predicted molar refractivity (Wildman–Crippen MR) is 81.2 cm³/mol. The zero-order valence-electron chi connectivity index (χ0n) is 10.6. The molecule has 0 atom stereocenters. The van der Waals surface area contributed by atoms with Crippen molar-refractivity contribution in [1.82, 2.24) is 5.32 Å². The summed E-state index contributed by atoms with van der Waals surface area (Å²) in [5, 5.41) is 9.11. The van der Waals surface area contributed by atoms with Gasteiger partial charge in [-0.2, -0.15) is 0 Å². The van der Waals surface area contributed by atoms with Crippen LogP contribution in [0.5, 0.6) is 0 Å². The highest BCUT2D eigenvalue weighted by Gasteiger charge is 2.01. The molecule has 1 N–H and O–H groups in total. The zero-order chi connectivity index (χ0) is 14.2. The second kappa shape index (κ2) is 7.67. The van der Waals surface area contributed by atoms with Crippen LogP contribution in [0.1, 0.15) is 10.4 Å². The molecule has 0 saturated heterocycles. The van der Waals surface area contributed by atoms with Crippen LogP contribution in [-0.2, 0) is 16.2 Å². The topological polar surface area (TPSA) is 50.7 Å². The van der Waals surface area contributed by atoms with E-state index < -0.39 is 0 Å². The van der Waals surface area contributed by atoms with Crippen molar-refractivity contribution in [2.75, 3.05) is 6.61 Å². The van der Waals surface area contributed by atoms with Crippen molar-refractivity contribution in [3.05, 3.63) is 57.2 Å². The Bertz CT molecular complexity index is 567. The van der Waals surface area contributed by atoms with Gasteiger partial charge in [0, 0.05) is 9.90 Å². The lowest BCUT2D eigenvalue weighted by molar-refractivity contribution is -0.125. The van der Waals surface area contributed by atoms with Gasteiger partial charge in [0.25, 0.3) is 5.91 Å². The molecule has 1 aromatic heterocycles. The number of halogens is 1. The van der Waals surface area contributed by atoms with E-state index in [-0.39, 0.29) is 12.5 Å². The largest absolute Gasteiger partial charge is 0.386 e. The average molecular weight is 309 g/mol. The zero-order valence-corrected chi connectivity index (χ0v) is 12.2. The Balaban J connectivity index is 1.67. The molecule has 1 heterocycles. The molecule has 0 aliphatic rings. The number of hydrogen-bond acceptors (Lipinski definition) is 4. The van der Waals surface area contributed by atoms with Crippen molar-refractivity contribution >= 4 is 35.1 Å². The van der Waals surface area contributed by atoms with Gasteiger partial charge < -0.3 is 10.2 Å². The van der Waals surface area contributed by atoms with E-state index in [2.05, 4.69) is 10.5 Å². The first-order valence-corrected chi connectivity index (χ1v) is 7.20. The Morgan fingerprint density at radius 1 is 1.35 bits per heavy atom. The highest BCUT2D eigenvalue weighted by atomic mass is 35.5. The van der Waals surface area contributed by atoms with Gasteiger partial charge >= 0.3 is 0 Å². The Hall–Kier alpha value is -1.85. The summed E-state index contributed by atoms with van der Waals surface area (Å²) >= 11 is 7.36. The van der Waals surface area contributed by atoms with E-state index in [1.54, 1.807) is 23.5 Å². The third kappa shape index (κ3) is 5.03. The summed E-state index contributed by atoms with van der Waals surface area (Å²) in [7, 11) is 0. The van der Waals surface area contributed by atoms with Gasteiger partial charge in [-0.3, -0.25) is 4.79 Å². The Labute approximate surface area is 126 Å². The van der Waals surface area contributed by atoms with E-state index in [1.807, 2.05) is 29.6 Å². The van der Waals surface area contributed by atoms with Gasteiger partial charge in [-0.1, -0.05) is 35.0 Å². The number of amides is 1. The molecule has 0 unspecified atom stereocenters. The minimum Gasteiger partial charge on any atom is -0.386 e. The lowest BCUT2D eigenvalue weighted by atomic mass is 10.2. The van der Waals surface area contributed by atoms with Crippen LogP contribution in [0, 0.1) is 0 Å². The summed E-state index contributed by atoms with van der Waals surface area (Å²) in [6.07, 6.45) is 1.53. The van der Waals surface area contributed by atoms with Crippen LogP contribution in [0.4, 0.5) is 0 Å². The first kappa shape index (κ1) is 14.6. The quantitative estimate of drug-likeness (QED) is 0.658. The molecule has 0 spiro atoms. The van der Waals surface area contributed by atoms with Gasteiger partial charge in [-0.05, 0) is 29.1 Å². The minimum absolute atomic E-state index is 0.102. The molecule has 0 radical (unpaired) electrons. The monoisotopic (exact) mass is 308 g/mol. The minimum atomic E-state index is -0.202. The van der Waals surface area contributed by atoms with Crippen molar-refractivity contribution in [1.29, 1.82) is 0 Å². The van der Waals surface area contributed by atoms with Crippen molar-refractivity contribution in [3.8, 4) is 0 Å². The average Bonchev–Trinajstić information content (AvgIpc) is 2.96. The normalized spacial score (nSPS) is 10.7. The summed E-state index contributed by atoms with van der Waals surface area (Å²) in [6.45, 7) is 0.413. The van der Waals surface area contributed by atoms with E-state index >= 15 is 0 Å². The molecule has 1 aromatic carbocycles. The maximum absolute atomic E-state index is 11.5. The summed E-state index contributed by atoms with van der Waals surface area (Å²) in [5.41, 5.74) is 0.855. The summed E-state index contributed by atoms with van der Waals surface area (Å²) in [4.78, 5) is 17.5. The molecule has 0 fully saturated rings. The van der Waals surface area contributed by atoms with Gasteiger partial charge in [0.15, 0.2) is 6.61 Å². The SMILES string of the molecule is O=C(CO/N=C/c1ccc(Cl)cc1)NCc1cccs1. The summed E-state index contributed by atoms with van der Waals surface area (Å²) < 4.78 is 0. The van der Waals surface area contributed by atoms with Gasteiger partial charge in [-0.25, -0.2) is 0 Å². The van der Waals surface area contributed by atoms with Gasteiger partial charge in [0.2, 0.25) is 0 Å². The molecule has 2 aromatic rings. The molecular formula is C14H13ClN2O2S. The van der Waals surface area contributed by atoms with Crippen LogP contribution in [0.15, 0.2) is 46.9 Å². The van der Waals surface area contributed by atoms with E-state index in [1.165, 1.54) is 6.21 Å².